The van der Waals surface area contributed by atoms with Gasteiger partial charge in [-0.1, -0.05) is 53.7 Å². The van der Waals surface area contributed by atoms with Crippen LogP contribution in [0.1, 0.15) is 99.8 Å². The molecule has 5 aliphatic carbocycles. The molecule has 12 atom stereocenters. The summed E-state index contributed by atoms with van der Waals surface area (Å²) in [7, 11) is 0. The number of rotatable bonds is 1. The molecule has 5 saturated carbocycles. The van der Waals surface area contributed by atoms with E-state index in [1.807, 2.05) is 0 Å². The third kappa shape index (κ3) is 2.80. The molecule has 0 aliphatic heterocycles. The third-order valence-electron chi connectivity index (χ3n) is 13.4. The first-order chi connectivity index (χ1) is 15.1. The van der Waals surface area contributed by atoms with Crippen LogP contribution in [0.15, 0.2) is 12.2 Å². The summed E-state index contributed by atoms with van der Waals surface area (Å²) in [5.74, 6) is 2.22. The van der Waals surface area contributed by atoms with E-state index in [9.17, 15) is 15.3 Å². The molecule has 0 saturated heterocycles. The van der Waals surface area contributed by atoms with Crippen LogP contribution in [0.2, 0.25) is 0 Å². The highest BCUT2D eigenvalue weighted by atomic mass is 16.3. The molecule has 0 aromatic heterocycles. The van der Waals surface area contributed by atoms with Gasteiger partial charge >= 0.3 is 0 Å². The Kier molecular flexibility index (Phi) is 5.23. The lowest BCUT2D eigenvalue weighted by Crippen LogP contribution is -2.70. The molecule has 3 N–H and O–H groups in total. The fraction of sp³-hybridized carbons (Fsp3) is 0.933. The molecule has 0 radical (unpaired) electrons. The van der Waals surface area contributed by atoms with Gasteiger partial charge in [0.15, 0.2) is 0 Å². The van der Waals surface area contributed by atoms with Crippen LogP contribution in [0.5, 0.6) is 0 Å². The van der Waals surface area contributed by atoms with Gasteiger partial charge in [-0.15, -0.1) is 0 Å². The van der Waals surface area contributed by atoms with Crippen molar-refractivity contribution in [2.45, 2.75) is 118 Å². The number of aliphatic hydroxyl groups is 3. The highest BCUT2D eigenvalue weighted by Gasteiger charge is 2.73. The van der Waals surface area contributed by atoms with Gasteiger partial charge in [0.25, 0.3) is 0 Å². The second-order valence-corrected chi connectivity index (χ2v) is 14.9. The van der Waals surface area contributed by atoms with E-state index < -0.39 is 6.10 Å². The Bertz CT molecular complexity index is 834. The first kappa shape index (κ1) is 24.3. The number of aliphatic hydroxyl groups excluding tert-OH is 3. The van der Waals surface area contributed by atoms with E-state index >= 15 is 0 Å². The van der Waals surface area contributed by atoms with Gasteiger partial charge in [0, 0.05) is 0 Å². The zero-order chi connectivity index (χ0) is 24.4. The van der Waals surface area contributed by atoms with Crippen LogP contribution in [0.3, 0.4) is 0 Å². The number of hydrogen-bond acceptors (Lipinski definition) is 3. The van der Waals surface area contributed by atoms with Gasteiger partial charge in [0.1, 0.15) is 0 Å². The Morgan fingerprint density at radius 1 is 0.758 bits per heavy atom. The predicted molar refractivity (Wildman–Crippen MR) is 133 cm³/mol. The maximum absolute atomic E-state index is 11.8. The average molecular weight is 459 g/mol. The van der Waals surface area contributed by atoms with Crippen LogP contribution in [0.25, 0.3) is 0 Å². The monoisotopic (exact) mass is 458 g/mol. The summed E-state index contributed by atoms with van der Waals surface area (Å²) in [5, 5.41) is 34.4. The van der Waals surface area contributed by atoms with Crippen LogP contribution >= 0.6 is 0 Å². The molecular formula is C30H50O3. The molecule has 5 rings (SSSR count). The molecule has 188 valence electrons. The van der Waals surface area contributed by atoms with E-state index in [-0.39, 0.29) is 45.2 Å². The van der Waals surface area contributed by atoms with E-state index in [1.54, 1.807) is 0 Å². The molecule has 33 heavy (non-hydrogen) atoms. The summed E-state index contributed by atoms with van der Waals surface area (Å²) in [5.41, 5.74) is 1.04. The normalized spacial score (nSPS) is 59.7. The minimum Gasteiger partial charge on any atom is -0.393 e. The Hall–Kier alpha value is -0.380. The Morgan fingerprint density at radius 3 is 2.03 bits per heavy atom. The van der Waals surface area contributed by atoms with Crippen molar-refractivity contribution in [3.05, 3.63) is 12.2 Å². The zero-order valence-corrected chi connectivity index (χ0v) is 22.3. The summed E-state index contributed by atoms with van der Waals surface area (Å²) in [6.07, 6.45) is 7.19. The van der Waals surface area contributed by atoms with Gasteiger partial charge in [-0.3, -0.25) is 0 Å². The predicted octanol–water partition coefficient (Wildman–Crippen LogP) is 5.97. The fourth-order valence-corrected chi connectivity index (χ4v) is 11.7. The van der Waals surface area contributed by atoms with Crippen molar-refractivity contribution in [1.82, 2.24) is 0 Å². The molecule has 0 spiro atoms. The van der Waals surface area contributed by atoms with Crippen molar-refractivity contribution in [3.8, 4) is 0 Å². The van der Waals surface area contributed by atoms with E-state index in [0.29, 0.717) is 23.7 Å². The second kappa shape index (κ2) is 7.10. The molecule has 0 unspecified atom stereocenters. The molecule has 0 amide bonds. The molecule has 0 bridgehead atoms. The molecule has 0 heterocycles. The second-order valence-electron chi connectivity index (χ2n) is 14.9. The quantitative estimate of drug-likeness (QED) is 0.425. The molecule has 0 aromatic carbocycles. The largest absolute Gasteiger partial charge is 0.393 e. The average Bonchev–Trinajstić information content (AvgIpc) is 3.05. The number of allylic oxidation sites excluding steroid dienone is 1. The lowest BCUT2D eigenvalue weighted by Gasteiger charge is -2.74. The summed E-state index contributed by atoms with van der Waals surface area (Å²) < 4.78 is 0. The van der Waals surface area contributed by atoms with Crippen LogP contribution in [0.4, 0.5) is 0 Å². The fourth-order valence-electron chi connectivity index (χ4n) is 11.7. The minimum absolute atomic E-state index is 0.00630. The Morgan fingerprint density at radius 2 is 1.39 bits per heavy atom. The van der Waals surface area contributed by atoms with Crippen LogP contribution in [-0.4, -0.2) is 33.6 Å². The van der Waals surface area contributed by atoms with Gasteiger partial charge in [0.2, 0.25) is 0 Å². The van der Waals surface area contributed by atoms with E-state index in [1.165, 1.54) is 18.4 Å². The van der Waals surface area contributed by atoms with Crippen LogP contribution in [-0.2, 0) is 0 Å². The van der Waals surface area contributed by atoms with Crippen molar-refractivity contribution >= 4 is 0 Å². The lowest BCUT2D eigenvalue weighted by atomic mass is 9.31. The van der Waals surface area contributed by atoms with Gasteiger partial charge < -0.3 is 15.3 Å². The van der Waals surface area contributed by atoms with Crippen molar-refractivity contribution in [2.24, 2.45) is 56.7 Å². The smallest absolute Gasteiger partial charge is 0.0602 e. The topological polar surface area (TPSA) is 60.7 Å². The Balaban J connectivity index is 1.60. The zero-order valence-electron chi connectivity index (χ0n) is 22.3. The lowest BCUT2D eigenvalue weighted by molar-refractivity contribution is -0.284. The van der Waals surface area contributed by atoms with Crippen LogP contribution in [0, 0.1) is 56.7 Å². The minimum atomic E-state index is -0.400. The molecule has 0 aromatic rings. The maximum atomic E-state index is 11.8. The molecule has 5 fully saturated rings. The van der Waals surface area contributed by atoms with Crippen LogP contribution < -0.4 is 0 Å². The highest BCUT2D eigenvalue weighted by molar-refractivity contribution is 5.23. The van der Waals surface area contributed by atoms with Crippen molar-refractivity contribution in [1.29, 1.82) is 0 Å². The summed E-state index contributed by atoms with van der Waals surface area (Å²) in [6.45, 7) is 20.7. The number of fused-ring (bicyclic) bond motifs is 7. The van der Waals surface area contributed by atoms with E-state index in [4.69, 9.17) is 0 Å². The van der Waals surface area contributed by atoms with Gasteiger partial charge in [-0.2, -0.15) is 0 Å². The summed E-state index contributed by atoms with van der Waals surface area (Å²) in [4.78, 5) is 0. The first-order valence-corrected chi connectivity index (χ1v) is 13.8. The van der Waals surface area contributed by atoms with Gasteiger partial charge in [-0.05, 0) is 115 Å². The third-order valence-corrected chi connectivity index (χ3v) is 13.4. The standard InChI is InChI=1S/C30H50O3/c1-17(2)18-11-13-28(6)23(33)16-29(7)19(24(18)28)9-10-21-27(5)14-12-22(32)26(3,4)25(27)20(31)15-30(21,29)8/h18-25,31-33H,1,9-16H2,2-8H3/t18-,19+,20+,21+,22-,23-,24+,25-,27+,28+,29+,30+/m0/s1. The maximum Gasteiger partial charge on any atom is 0.0602 e. The summed E-state index contributed by atoms with van der Waals surface area (Å²) in [6, 6.07) is 0. The summed E-state index contributed by atoms with van der Waals surface area (Å²) >= 11 is 0. The molecule has 5 aliphatic rings. The van der Waals surface area contributed by atoms with Crippen molar-refractivity contribution < 1.29 is 15.3 Å². The van der Waals surface area contributed by atoms with E-state index in [0.717, 1.165) is 38.5 Å². The van der Waals surface area contributed by atoms with E-state index in [2.05, 4.69) is 55.0 Å². The van der Waals surface area contributed by atoms with Gasteiger partial charge in [0.05, 0.1) is 18.3 Å². The van der Waals surface area contributed by atoms with Crippen molar-refractivity contribution in [2.75, 3.05) is 0 Å². The molecule has 3 nitrogen and oxygen atoms in total. The SMILES string of the molecule is C=C(C)[C@@H]1CC[C@@]2(C)[C@H]1[C@H]1CC[C@@H]3[C@@]4(C)CC[C@H](O)C(C)(C)[C@@H]4[C@H](O)C[C@@]3(C)[C@]1(C)C[C@@H]2O. The highest BCUT2D eigenvalue weighted by Crippen LogP contribution is 2.77. The Labute approximate surface area is 202 Å². The number of hydrogen-bond donors (Lipinski definition) is 3. The van der Waals surface area contributed by atoms with Gasteiger partial charge in [-0.25, -0.2) is 0 Å². The molecular weight excluding hydrogens is 408 g/mol. The first-order valence-electron chi connectivity index (χ1n) is 13.8. The molecule has 3 heteroatoms. The van der Waals surface area contributed by atoms with Crippen molar-refractivity contribution in [3.63, 3.8) is 0 Å².